The van der Waals surface area contributed by atoms with Crippen molar-refractivity contribution in [1.29, 1.82) is 0 Å². The normalized spacial score (nSPS) is 25.2. The van der Waals surface area contributed by atoms with Crippen LogP contribution in [0.1, 0.15) is 19.8 Å². The Morgan fingerprint density at radius 3 is 2.71 bits per heavy atom. The van der Waals surface area contributed by atoms with Gasteiger partial charge in [-0.1, -0.05) is 6.07 Å². The molecule has 1 aromatic carbocycles. The minimum Gasteiger partial charge on any atom is -0.364 e. The van der Waals surface area contributed by atoms with Crippen molar-refractivity contribution in [1.82, 2.24) is 20.0 Å². The van der Waals surface area contributed by atoms with E-state index in [1.165, 1.54) is 13.0 Å². The topological polar surface area (TPSA) is 173 Å². The summed E-state index contributed by atoms with van der Waals surface area (Å²) in [4.78, 5) is 42.0. The highest BCUT2D eigenvalue weighted by Gasteiger charge is 2.55. The maximum absolute atomic E-state index is 14.2. The average Bonchev–Trinajstić information content (AvgIpc) is 3.33. The maximum Gasteiger partial charge on any atom is 0.328 e. The summed E-state index contributed by atoms with van der Waals surface area (Å²) >= 11 is 5.76. The van der Waals surface area contributed by atoms with E-state index < -0.39 is 55.4 Å². The zero-order valence-corrected chi connectivity index (χ0v) is 19.7. The van der Waals surface area contributed by atoms with Gasteiger partial charge in [-0.15, -0.1) is 0 Å². The molecule has 1 aromatic heterocycles. The van der Waals surface area contributed by atoms with Crippen LogP contribution in [0.4, 0.5) is 20.7 Å². The molecule has 2 aliphatic rings. The van der Waals surface area contributed by atoms with E-state index in [9.17, 15) is 32.5 Å². The van der Waals surface area contributed by atoms with Crippen LogP contribution in [0.5, 0.6) is 0 Å². The number of hydrogen-bond acceptors (Lipinski definition) is 9. The third-order valence-electron chi connectivity index (χ3n) is 6.37. The first kappa shape index (κ1) is 24.7. The van der Waals surface area contributed by atoms with Crippen molar-refractivity contribution < 1.29 is 27.3 Å². The SMILES string of the molecule is CC(=O)[C@H]1[C@H]2C[C@@H]([C@H]1Nc1nc(Cl)ncc1F)[C@H](NC(=O)NS(=O)(=O)c1cccc([N+](=O)[O-])c1)C2. The first-order valence-corrected chi connectivity index (χ1v) is 12.3. The Morgan fingerprint density at radius 1 is 1.29 bits per heavy atom. The summed E-state index contributed by atoms with van der Waals surface area (Å²) in [6.07, 6.45) is 1.87. The molecule has 2 saturated carbocycles. The van der Waals surface area contributed by atoms with Crippen LogP contribution in [-0.2, 0) is 14.8 Å². The summed E-state index contributed by atoms with van der Waals surface area (Å²) in [7, 11) is -4.38. The van der Waals surface area contributed by atoms with E-state index in [-0.39, 0.29) is 28.7 Å². The number of sulfonamides is 1. The molecule has 2 amide bonds. The molecule has 3 N–H and O–H groups in total. The molecule has 186 valence electrons. The summed E-state index contributed by atoms with van der Waals surface area (Å²) in [6.45, 7) is 1.43. The third-order valence-corrected chi connectivity index (χ3v) is 7.89. The highest BCUT2D eigenvalue weighted by molar-refractivity contribution is 7.90. The predicted octanol–water partition coefficient (Wildman–Crippen LogP) is 2.26. The second kappa shape index (κ2) is 9.34. The Morgan fingerprint density at radius 2 is 2.03 bits per heavy atom. The molecule has 2 bridgehead atoms. The molecule has 0 unspecified atom stereocenters. The predicted molar refractivity (Wildman–Crippen MR) is 121 cm³/mol. The number of aromatic nitrogens is 2. The van der Waals surface area contributed by atoms with E-state index in [1.807, 2.05) is 4.72 Å². The van der Waals surface area contributed by atoms with Gasteiger partial charge in [-0.2, -0.15) is 4.98 Å². The molecular formula is C20H20ClFN6O6S. The van der Waals surface area contributed by atoms with Crippen LogP contribution in [0.25, 0.3) is 0 Å². The number of ketones is 1. The number of nitrogens with one attached hydrogen (secondary N) is 3. The van der Waals surface area contributed by atoms with Gasteiger partial charge in [0, 0.05) is 36.1 Å². The zero-order valence-electron chi connectivity index (χ0n) is 18.1. The number of hydrogen-bond donors (Lipinski definition) is 3. The van der Waals surface area contributed by atoms with Gasteiger partial charge in [0.25, 0.3) is 15.7 Å². The summed E-state index contributed by atoms with van der Waals surface area (Å²) in [5, 5.41) is 16.3. The summed E-state index contributed by atoms with van der Waals surface area (Å²) in [6, 6.07) is 2.16. The number of urea groups is 1. The van der Waals surface area contributed by atoms with Crippen molar-refractivity contribution >= 4 is 44.9 Å². The van der Waals surface area contributed by atoms with E-state index in [0.29, 0.717) is 12.8 Å². The van der Waals surface area contributed by atoms with Gasteiger partial charge in [0.15, 0.2) is 11.6 Å². The minimum absolute atomic E-state index is 0.105. The first-order chi connectivity index (χ1) is 16.5. The van der Waals surface area contributed by atoms with Crippen molar-refractivity contribution in [2.75, 3.05) is 5.32 Å². The Hall–Kier alpha value is -3.39. The van der Waals surface area contributed by atoms with E-state index in [1.54, 1.807) is 0 Å². The van der Waals surface area contributed by atoms with Gasteiger partial charge in [-0.25, -0.2) is 27.3 Å². The molecule has 12 nitrogen and oxygen atoms in total. The van der Waals surface area contributed by atoms with E-state index in [4.69, 9.17) is 11.6 Å². The maximum atomic E-state index is 14.2. The molecule has 2 aliphatic carbocycles. The lowest BCUT2D eigenvalue weighted by Gasteiger charge is -2.35. The quantitative estimate of drug-likeness (QED) is 0.277. The van der Waals surface area contributed by atoms with Gasteiger partial charge < -0.3 is 10.6 Å². The van der Waals surface area contributed by atoms with Crippen LogP contribution in [0.2, 0.25) is 5.28 Å². The Labute approximate surface area is 203 Å². The second-order valence-corrected chi connectivity index (χ2v) is 10.5. The molecule has 35 heavy (non-hydrogen) atoms. The number of nitro benzene ring substituents is 1. The number of halogens is 2. The molecule has 4 rings (SSSR count). The summed E-state index contributed by atoms with van der Waals surface area (Å²) in [5.74, 6) is -1.94. The van der Waals surface area contributed by atoms with Gasteiger partial charge >= 0.3 is 6.03 Å². The molecule has 0 spiro atoms. The Kier molecular flexibility index (Phi) is 6.60. The monoisotopic (exact) mass is 526 g/mol. The molecular weight excluding hydrogens is 507 g/mol. The summed E-state index contributed by atoms with van der Waals surface area (Å²) < 4.78 is 41.2. The number of rotatable bonds is 7. The molecule has 5 atom stereocenters. The molecule has 2 aromatic rings. The first-order valence-electron chi connectivity index (χ1n) is 10.5. The number of non-ortho nitro benzene ring substituents is 1. The van der Waals surface area contributed by atoms with E-state index in [2.05, 4.69) is 20.6 Å². The van der Waals surface area contributed by atoms with Gasteiger partial charge in [0.05, 0.1) is 16.0 Å². The van der Waals surface area contributed by atoms with Crippen molar-refractivity contribution in [3.8, 4) is 0 Å². The highest BCUT2D eigenvalue weighted by atomic mass is 35.5. The summed E-state index contributed by atoms with van der Waals surface area (Å²) in [5.41, 5.74) is -0.442. The van der Waals surface area contributed by atoms with Crippen LogP contribution < -0.4 is 15.4 Å². The number of carbonyl (C=O) groups is 2. The molecule has 0 radical (unpaired) electrons. The van der Waals surface area contributed by atoms with Crippen LogP contribution in [0.3, 0.4) is 0 Å². The number of carbonyl (C=O) groups excluding carboxylic acids is 2. The van der Waals surface area contributed by atoms with Crippen LogP contribution >= 0.6 is 11.6 Å². The van der Waals surface area contributed by atoms with Gasteiger partial charge in [-0.05, 0) is 43.4 Å². The number of anilines is 1. The van der Waals surface area contributed by atoms with E-state index >= 15 is 0 Å². The largest absolute Gasteiger partial charge is 0.364 e. The van der Waals surface area contributed by atoms with Gasteiger partial charge in [-0.3, -0.25) is 14.9 Å². The number of nitrogens with zero attached hydrogens (tertiary/aromatic N) is 3. The fraction of sp³-hybridized carbons (Fsp3) is 0.400. The van der Waals surface area contributed by atoms with E-state index in [0.717, 1.165) is 24.4 Å². The van der Waals surface area contributed by atoms with Crippen molar-refractivity contribution in [3.63, 3.8) is 0 Å². The third kappa shape index (κ3) is 5.03. The molecule has 0 aliphatic heterocycles. The fourth-order valence-corrected chi connectivity index (χ4v) is 6.14. The molecule has 2 fully saturated rings. The van der Waals surface area contributed by atoms with Crippen molar-refractivity contribution in [2.45, 2.75) is 36.7 Å². The number of amides is 2. The number of benzene rings is 1. The van der Waals surface area contributed by atoms with Crippen molar-refractivity contribution in [2.24, 2.45) is 17.8 Å². The Bertz CT molecular complexity index is 1310. The molecule has 15 heteroatoms. The molecule has 1 heterocycles. The van der Waals surface area contributed by atoms with Crippen molar-refractivity contribution in [3.05, 3.63) is 51.7 Å². The van der Waals surface area contributed by atoms with Crippen LogP contribution in [0.15, 0.2) is 35.4 Å². The van der Waals surface area contributed by atoms with Crippen LogP contribution in [0, 0.1) is 33.7 Å². The van der Waals surface area contributed by atoms with Gasteiger partial charge in [0.1, 0.15) is 5.78 Å². The Balaban J connectivity index is 1.49. The minimum atomic E-state index is -4.38. The fourth-order valence-electron chi connectivity index (χ4n) is 5.06. The lowest BCUT2D eigenvalue weighted by Crippen LogP contribution is -2.52. The highest BCUT2D eigenvalue weighted by Crippen LogP contribution is 2.50. The number of fused-ring (bicyclic) bond motifs is 2. The number of Topliss-reactive ketones (excluding diaryl/α,β-unsaturated/α-hetero) is 1. The lowest BCUT2D eigenvalue weighted by molar-refractivity contribution is -0.385. The average molecular weight is 527 g/mol. The zero-order chi connectivity index (χ0) is 25.5. The second-order valence-electron chi connectivity index (χ2n) is 8.48. The van der Waals surface area contributed by atoms with Crippen LogP contribution in [-0.4, -0.2) is 47.2 Å². The molecule has 0 saturated heterocycles. The number of nitro groups is 1. The van der Waals surface area contributed by atoms with Gasteiger partial charge in [0.2, 0.25) is 5.28 Å². The standard InChI is InChI=1S/C20H20ClFN6O6S/c1-9(29)16-10-5-13(17(16)25-18-14(22)8-23-19(21)26-18)15(6-10)24-20(30)27-35(33,34)12-4-2-3-11(7-12)28(31)32/h2-4,7-8,10,13,15-17H,5-6H2,1H3,(H,23,25,26)(H2,24,27,30)/t10-,13+,15+,16-,17+/m0/s1. The lowest BCUT2D eigenvalue weighted by atomic mass is 9.79. The smallest absolute Gasteiger partial charge is 0.328 e.